The SMILES string of the molecule is C=CC(=O)N1CCN(/C(S)=C2\C=C(Cl)C(c3c(C)ccc4[nH]ncc34)=NC2=N)C(C)C1. The highest BCUT2D eigenvalue weighted by molar-refractivity contribution is 7.84. The molecule has 2 aliphatic heterocycles. The Balaban J connectivity index is 1.67. The molecular formula is C22H23ClN6OS. The van der Waals surface area contributed by atoms with Crippen molar-refractivity contribution in [2.45, 2.75) is 19.9 Å². The maximum Gasteiger partial charge on any atom is 0.246 e. The number of nitrogens with one attached hydrogen (secondary N) is 2. The molecular weight excluding hydrogens is 432 g/mol. The molecule has 3 heterocycles. The predicted octanol–water partition coefficient (Wildman–Crippen LogP) is 3.63. The van der Waals surface area contributed by atoms with Crippen LogP contribution in [0.2, 0.25) is 0 Å². The average molecular weight is 455 g/mol. The molecule has 1 fully saturated rings. The van der Waals surface area contributed by atoms with Crippen molar-refractivity contribution in [3.05, 3.63) is 63.8 Å². The number of hydrogen-bond acceptors (Lipinski definition) is 5. The number of aryl methyl sites for hydroxylation is 1. The lowest BCUT2D eigenvalue weighted by atomic mass is 9.97. The maximum atomic E-state index is 11.9. The number of carbonyl (C=O) groups excluding carboxylic acids is 1. The molecule has 7 nitrogen and oxygen atoms in total. The van der Waals surface area contributed by atoms with Gasteiger partial charge in [-0.15, -0.1) is 12.6 Å². The van der Waals surface area contributed by atoms with Crippen LogP contribution in [0.25, 0.3) is 10.9 Å². The van der Waals surface area contributed by atoms with Crippen LogP contribution in [0.5, 0.6) is 0 Å². The van der Waals surface area contributed by atoms with Crippen LogP contribution in [0.3, 0.4) is 0 Å². The summed E-state index contributed by atoms with van der Waals surface area (Å²) in [6.45, 7) is 9.29. The zero-order valence-electron chi connectivity index (χ0n) is 17.3. The van der Waals surface area contributed by atoms with E-state index < -0.39 is 0 Å². The van der Waals surface area contributed by atoms with E-state index in [0.29, 0.717) is 41.0 Å². The molecule has 9 heteroatoms. The number of amides is 1. The van der Waals surface area contributed by atoms with Gasteiger partial charge in [0.05, 0.1) is 27.5 Å². The minimum Gasteiger partial charge on any atom is -0.360 e. The third-order valence-electron chi connectivity index (χ3n) is 5.67. The van der Waals surface area contributed by atoms with Gasteiger partial charge in [0.25, 0.3) is 0 Å². The minimum absolute atomic E-state index is 0.0323. The van der Waals surface area contributed by atoms with Crippen LogP contribution in [-0.2, 0) is 4.79 Å². The summed E-state index contributed by atoms with van der Waals surface area (Å²) in [7, 11) is 0. The Morgan fingerprint density at radius 1 is 1.42 bits per heavy atom. The molecule has 160 valence electrons. The van der Waals surface area contributed by atoms with Gasteiger partial charge in [0.15, 0.2) is 5.84 Å². The molecule has 1 aromatic carbocycles. The first kappa shape index (κ1) is 21.4. The smallest absolute Gasteiger partial charge is 0.246 e. The molecule has 4 rings (SSSR count). The number of carbonyl (C=O) groups is 1. The van der Waals surface area contributed by atoms with Gasteiger partial charge in [0, 0.05) is 42.2 Å². The van der Waals surface area contributed by atoms with Crippen molar-refractivity contribution in [3.63, 3.8) is 0 Å². The molecule has 2 aliphatic rings. The molecule has 0 bridgehead atoms. The fraction of sp³-hybridized carbons (Fsp3) is 0.273. The molecule has 2 N–H and O–H groups in total. The summed E-state index contributed by atoms with van der Waals surface area (Å²) in [5.41, 5.74) is 3.86. The summed E-state index contributed by atoms with van der Waals surface area (Å²) in [5, 5.41) is 17.6. The van der Waals surface area contributed by atoms with E-state index in [9.17, 15) is 4.79 Å². The molecule has 31 heavy (non-hydrogen) atoms. The Morgan fingerprint density at radius 2 is 2.19 bits per heavy atom. The van der Waals surface area contributed by atoms with Gasteiger partial charge in [-0.25, -0.2) is 4.99 Å². The minimum atomic E-state index is -0.0775. The number of fused-ring (bicyclic) bond motifs is 1. The fourth-order valence-corrected chi connectivity index (χ4v) is 4.75. The molecule has 0 saturated carbocycles. The molecule has 1 saturated heterocycles. The van der Waals surface area contributed by atoms with E-state index >= 15 is 0 Å². The van der Waals surface area contributed by atoms with Gasteiger partial charge in [-0.05, 0) is 37.6 Å². The molecule has 1 atom stereocenters. The number of aliphatic imine (C=N–C) groups is 1. The van der Waals surface area contributed by atoms with Gasteiger partial charge < -0.3 is 9.80 Å². The number of amidine groups is 1. The van der Waals surface area contributed by atoms with Crippen molar-refractivity contribution >= 4 is 52.6 Å². The molecule has 0 aliphatic carbocycles. The Labute approximate surface area is 191 Å². The fourth-order valence-electron chi connectivity index (χ4n) is 4.03. The monoisotopic (exact) mass is 454 g/mol. The number of aromatic nitrogens is 2. The third kappa shape index (κ3) is 3.81. The van der Waals surface area contributed by atoms with Crippen molar-refractivity contribution in [1.29, 1.82) is 5.41 Å². The van der Waals surface area contributed by atoms with E-state index in [1.54, 1.807) is 17.2 Å². The largest absolute Gasteiger partial charge is 0.360 e. The molecule has 1 amide bonds. The van der Waals surface area contributed by atoms with Crippen LogP contribution in [0.1, 0.15) is 18.1 Å². The predicted molar refractivity (Wildman–Crippen MR) is 128 cm³/mol. The number of allylic oxidation sites excluding steroid dienone is 1. The first-order valence-corrected chi connectivity index (χ1v) is 10.7. The van der Waals surface area contributed by atoms with Crippen LogP contribution >= 0.6 is 24.2 Å². The Morgan fingerprint density at radius 3 is 2.90 bits per heavy atom. The number of H-pyrrole nitrogens is 1. The summed E-state index contributed by atoms with van der Waals surface area (Å²) in [6.07, 6.45) is 4.83. The van der Waals surface area contributed by atoms with Gasteiger partial charge in [-0.3, -0.25) is 15.3 Å². The van der Waals surface area contributed by atoms with E-state index in [1.807, 2.05) is 26.0 Å². The average Bonchev–Trinajstić information content (AvgIpc) is 3.23. The van der Waals surface area contributed by atoms with E-state index in [0.717, 1.165) is 22.0 Å². The van der Waals surface area contributed by atoms with Gasteiger partial charge in [0.2, 0.25) is 5.91 Å². The maximum absolute atomic E-state index is 11.9. The van der Waals surface area contributed by atoms with Gasteiger partial charge in [0.1, 0.15) is 0 Å². The first-order valence-electron chi connectivity index (χ1n) is 9.91. The van der Waals surface area contributed by atoms with Crippen molar-refractivity contribution in [2.24, 2.45) is 4.99 Å². The summed E-state index contributed by atoms with van der Waals surface area (Å²) >= 11 is 11.4. The first-order chi connectivity index (χ1) is 14.8. The van der Waals surface area contributed by atoms with Crippen molar-refractivity contribution < 1.29 is 4.79 Å². The standard InChI is InChI=1S/C22H23ClN6OS/c1-4-18(30)28-7-8-29(13(3)11-28)22(31)14-9-16(23)20(26-21(14)24)19-12(2)5-6-17-15(19)10-25-27-17/h4-6,9-10,13,24,31H,1,7-8,11H2,2-3H3,(H,25,27)/b22-14-,24-21?. The summed E-state index contributed by atoms with van der Waals surface area (Å²) in [5.74, 6) is 0.0207. The zero-order valence-corrected chi connectivity index (χ0v) is 19.0. The highest BCUT2D eigenvalue weighted by Crippen LogP contribution is 2.31. The van der Waals surface area contributed by atoms with E-state index in [2.05, 4.69) is 26.7 Å². The highest BCUT2D eigenvalue weighted by Gasteiger charge is 2.29. The van der Waals surface area contributed by atoms with Crippen LogP contribution in [0.4, 0.5) is 0 Å². The van der Waals surface area contributed by atoms with Gasteiger partial charge in [-0.1, -0.05) is 24.2 Å². The summed E-state index contributed by atoms with van der Waals surface area (Å²) in [4.78, 5) is 20.3. The van der Waals surface area contributed by atoms with Crippen LogP contribution < -0.4 is 0 Å². The van der Waals surface area contributed by atoms with Crippen molar-refractivity contribution in [2.75, 3.05) is 19.6 Å². The van der Waals surface area contributed by atoms with Crippen molar-refractivity contribution in [3.8, 4) is 0 Å². The Bertz CT molecular complexity index is 1190. The quantitative estimate of drug-likeness (QED) is 0.488. The molecule has 1 aromatic heterocycles. The lowest BCUT2D eigenvalue weighted by Crippen LogP contribution is -2.52. The number of rotatable bonds is 3. The highest BCUT2D eigenvalue weighted by atomic mass is 35.5. The molecule has 0 radical (unpaired) electrons. The number of hydrogen-bond donors (Lipinski definition) is 3. The van der Waals surface area contributed by atoms with E-state index in [1.165, 1.54) is 6.08 Å². The van der Waals surface area contributed by atoms with Crippen LogP contribution in [-0.4, -0.2) is 63.1 Å². The number of piperazine rings is 1. The molecule has 2 aromatic rings. The molecule has 0 spiro atoms. The van der Waals surface area contributed by atoms with E-state index in [4.69, 9.17) is 29.6 Å². The summed E-state index contributed by atoms with van der Waals surface area (Å²) in [6, 6.07) is 3.97. The lowest BCUT2D eigenvalue weighted by molar-refractivity contribution is -0.128. The topological polar surface area (TPSA) is 88.4 Å². The Hall–Kier alpha value is -2.84. The third-order valence-corrected chi connectivity index (χ3v) is 6.46. The van der Waals surface area contributed by atoms with Gasteiger partial charge in [-0.2, -0.15) is 5.10 Å². The lowest BCUT2D eigenvalue weighted by Gasteiger charge is -2.41. The second-order valence-corrected chi connectivity index (χ2v) is 8.49. The number of nitrogens with zero attached hydrogens (tertiary/aromatic N) is 4. The van der Waals surface area contributed by atoms with Crippen LogP contribution in [0.15, 0.2) is 57.7 Å². The second kappa shape index (κ2) is 8.36. The normalized spacial score (nSPS) is 21.2. The summed E-state index contributed by atoms with van der Waals surface area (Å²) < 4.78 is 0. The van der Waals surface area contributed by atoms with E-state index in [-0.39, 0.29) is 17.8 Å². The number of thiol groups is 1. The second-order valence-electron chi connectivity index (χ2n) is 7.66. The van der Waals surface area contributed by atoms with Crippen LogP contribution in [0, 0.1) is 12.3 Å². The van der Waals surface area contributed by atoms with Crippen molar-refractivity contribution in [1.82, 2.24) is 20.0 Å². The number of halogens is 1. The molecule has 1 unspecified atom stereocenters. The zero-order chi connectivity index (χ0) is 22.3. The number of dihydropyridines is 1. The number of benzene rings is 1. The Kier molecular flexibility index (Phi) is 5.77. The number of aromatic amines is 1. The van der Waals surface area contributed by atoms with Gasteiger partial charge >= 0.3 is 0 Å².